The summed E-state index contributed by atoms with van der Waals surface area (Å²) in [4.78, 5) is 25.1. The zero-order valence-electron chi connectivity index (χ0n) is 17.8. The van der Waals surface area contributed by atoms with Crippen molar-refractivity contribution in [2.24, 2.45) is 11.0 Å². The number of carbonyl (C=O) groups is 2. The van der Waals surface area contributed by atoms with E-state index in [0.29, 0.717) is 32.8 Å². The highest BCUT2D eigenvalue weighted by Crippen LogP contribution is 2.32. The molecule has 1 unspecified atom stereocenters. The van der Waals surface area contributed by atoms with Crippen molar-refractivity contribution in [3.8, 4) is 17.2 Å². The predicted molar refractivity (Wildman–Crippen MR) is 127 cm³/mol. The summed E-state index contributed by atoms with van der Waals surface area (Å²) in [6.07, 6.45) is 1.45. The molecular formula is C22H26IN3O5. The Balaban J connectivity index is 2.06. The number of aromatic hydroxyl groups is 1. The molecular weight excluding hydrogens is 513 g/mol. The minimum absolute atomic E-state index is 0.0600. The zero-order chi connectivity index (χ0) is 23.0. The number of methoxy groups -OCH3 is 1. The number of amides is 2. The van der Waals surface area contributed by atoms with Crippen molar-refractivity contribution in [3.05, 3.63) is 51.1 Å². The second-order valence-electron chi connectivity index (χ2n) is 6.94. The lowest BCUT2D eigenvalue weighted by Crippen LogP contribution is -2.48. The van der Waals surface area contributed by atoms with Crippen LogP contribution in [0.1, 0.15) is 36.7 Å². The molecule has 0 spiro atoms. The number of halogens is 1. The Bertz CT molecular complexity index is 945. The van der Waals surface area contributed by atoms with Crippen molar-refractivity contribution in [2.75, 3.05) is 13.7 Å². The summed E-state index contributed by atoms with van der Waals surface area (Å²) in [5.41, 5.74) is 3.53. The van der Waals surface area contributed by atoms with Crippen LogP contribution in [0.5, 0.6) is 17.2 Å². The average Bonchev–Trinajstić information content (AvgIpc) is 2.75. The first-order chi connectivity index (χ1) is 14.8. The number of ether oxygens (including phenoxy) is 2. The minimum Gasteiger partial charge on any atom is -0.504 e. The highest BCUT2D eigenvalue weighted by atomic mass is 127. The van der Waals surface area contributed by atoms with Crippen molar-refractivity contribution in [1.82, 2.24) is 10.7 Å². The lowest BCUT2D eigenvalue weighted by atomic mass is 10.0. The Kier molecular flexibility index (Phi) is 9.10. The van der Waals surface area contributed by atoms with Crippen LogP contribution in [0.25, 0.3) is 0 Å². The van der Waals surface area contributed by atoms with Crippen molar-refractivity contribution >= 4 is 40.6 Å². The number of hydrogen-bond acceptors (Lipinski definition) is 6. The van der Waals surface area contributed by atoms with Crippen molar-refractivity contribution in [1.29, 1.82) is 0 Å². The molecule has 0 aliphatic heterocycles. The number of phenolic OH excluding ortho intramolecular Hbond substituents is 1. The van der Waals surface area contributed by atoms with Crippen LogP contribution in [0, 0.1) is 9.49 Å². The van der Waals surface area contributed by atoms with E-state index < -0.39 is 11.9 Å². The fraction of sp³-hybridized carbons (Fsp3) is 0.318. The number of nitrogens with zero attached hydrogens (tertiary/aromatic N) is 1. The molecule has 0 saturated heterocycles. The Hall–Kier alpha value is -2.82. The third-order valence-electron chi connectivity index (χ3n) is 4.33. The maximum absolute atomic E-state index is 12.6. The van der Waals surface area contributed by atoms with Gasteiger partial charge in [-0.3, -0.25) is 9.59 Å². The van der Waals surface area contributed by atoms with E-state index >= 15 is 0 Å². The van der Waals surface area contributed by atoms with Crippen LogP contribution in [-0.2, 0) is 4.79 Å². The normalized spacial score (nSPS) is 11.9. The minimum atomic E-state index is -0.773. The maximum Gasteiger partial charge on any atom is 0.262 e. The number of carbonyl (C=O) groups excluding carboxylic acids is 2. The molecule has 0 aromatic heterocycles. The quantitative estimate of drug-likeness (QED) is 0.258. The monoisotopic (exact) mass is 539 g/mol. The summed E-state index contributed by atoms with van der Waals surface area (Å²) in [5.74, 6) is 0.0808. The van der Waals surface area contributed by atoms with Crippen LogP contribution in [0.4, 0.5) is 0 Å². The SMILES string of the molecule is CCOc1cc(C=NNC(=O)C(NC(=O)c2ccc(OC)cc2)C(C)C)cc(I)c1O. The van der Waals surface area contributed by atoms with Crippen LogP contribution >= 0.6 is 22.6 Å². The molecule has 166 valence electrons. The van der Waals surface area contributed by atoms with Crippen molar-refractivity contribution in [2.45, 2.75) is 26.8 Å². The van der Waals surface area contributed by atoms with Gasteiger partial charge in [0.2, 0.25) is 0 Å². The highest BCUT2D eigenvalue weighted by molar-refractivity contribution is 14.1. The standard InChI is InChI=1S/C22H26IN3O5/c1-5-31-18-11-14(10-17(23)20(18)27)12-24-26-22(29)19(13(2)3)25-21(28)15-6-8-16(30-4)9-7-15/h6-13,19,27H,5H2,1-4H3,(H,25,28)(H,26,29). The van der Waals surface area contributed by atoms with Gasteiger partial charge in [0.25, 0.3) is 11.8 Å². The summed E-state index contributed by atoms with van der Waals surface area (Å²) in [7, 11) is 1.55. The van der Waals surface area contributed by atoms with Gasteiger partial charge >= 0.3 is 0 Å². The first kappa shape index (κ1) is 24.4. The van der Waals surface area contributed by atoms with Gasteiger partial charge in [-0.2, -0.15) is 5.10 Å². The second kappa shape index (κ2) is 11.5. The summed E-state index contributed by atoms with van der Waals surface area (Å²) in [6.45, 7) is 5.89. The molecule has 9 heteroatoms. The van der Waals surface area contributed by atoms with Crippen molar-refractivity contribution in [3.63, 3.8) is 0 Å². The molecule has 1 atom stereocenters. The van der Waals surface area contributed by atoms with Gasteiger partial charge < -0.3 is 19.9 Å². The van der Waals surface area contributed by atoms with Gasteiger partial charge in [-0.1, -0.05) is 13.8 Å². The van der Waals surface area contributed by atoms with Gasteiger partial charge in [0.05, 0.1) is 23.5 Å². The van der Waals surface area contributed by atoms with Crippen LogP contribution in [0.2, 0.25) is 0 Å². The van der Waals surface area contributed by atoms with Crippen LogP contribution in [-0.4, -0.2) is 42.9 Å². The summed E-state index contributed by atoms with van der Waals surface area (Å²) in [6, 6.07) is 9.18. The molecule has 0 aliphatic rings. The van der Waals surface area contributed by atoms with Gasteiger partial charge in [-0.15, -0.1) is 0 Å². The smallest absolute Gasteiger partial charge is 0.262 e. The van der Waals surface area contributed by atoms with Gasteiger partial charge in [-0.25, -0.2) is 5.43 Å². The van der Waals surface area contributed by atoms with Gasteiger partial charge in [-0.05, 0) is 77.4 Å². The molecule has 0 saturated carbocycles. The first-order valence-electron chi connectivity index (χ1n) is 9.70. The highest BCUT2D eigenvalue weighted by Gasteiger charge is 2.24. The van der Waals surface area contributed by atoms with E-state index in [4.69, 9.17) is 9.47 Å². The molecule has 0 fully saturated rings. The van der Waals surface area contributed by atoms with Crippen LogP contribution < -0.4 is 20.2 Å². The maximum atomic E-state index is 12.6. The second-order valence-corrected chi connectivity index (χ2v) is 8.10. The third-order valence-corrected chi connectivity index (χ3v) is 5.15. The molecule has 2 aromatic carbocycles. The van der Waals surface area contributed by atoms with Crippen LogP contribution in [0.15, 0.2) is 41.5 Å². The average molecular weight is 539 g/mol. The first-order valence-corrected chi connectivity index (χ1v) is 10.8. The summed E-state index contributed by atoms with van der Waals surface area (Å²) in [5, 5.41) is 16.7. The van der Waals surface area contributed by atoms with Crippen molar-refractivity contribution < 1.29 is 24.2 Å². The number of rotatable bonds is 9. The summed E-state index contributed by atoms with van der Waals surface area (Å²) < 4.78 is 11.1. The molecule has 2 rings (SSSR count). The Labute approximate surface area is 195 Å². The molecule has 2 amide bonds. The molecule has 31 heavy (non-hydrogen) atoms. The molecule has 3 N–H and O–H groups in total. The topological polar surface area (TPSA) is 109 Å². The largest absolute Gasteiger partial charge is 0.504 e. The molecule has 0 radical (unpaired) electrons. The third kappa shape index (κ3) is 6.84. The van der Waals surface area contributed by atoms with E-state index in [2.05, 4.69) is 15.8 Å². The molecule has 2 aromatic rings. The number of phenols is 1. The molecule has 8 nitrogen and oxygen atoms in total. The number of benzene rings is 2. The van der Waals surface area contributed by atoms with E-state index in [0.717, 1.165) is 0 Å². The molecule has 0 bridgehead atoms. The Morgan fingerprint density at radius 2 is 1.90 bits per heavy atom. The van der Waals surface area contributed by atoms with E-state index in [1.165, 1.54) is 6.21 Å². The van der Waals surface area contributed by atoms with Gasteiger partial charge in [0.1, 0.15) is 11.8 Å². The molecule has 0 aliphatic carbocycles. The Morgan fingerprint density at radius 3 is 2.48 bits per heavy atom. The van der Waals surface area contributed by atoms with Gasteiger partial charge in [0, 0.05) is 5.56 Å². The lowest BCUT2D eigenvalue weighted by Gasteiger charge is -2.20. The zero-order valence-corrected chi connectivity index (χ0v) is 20.0. The molecule has 0 heterocycles. The number of hydrazone groups is 1. The van der Waals surface area contributed by atoms with Gasteiger partial charge in [0.15, 0.2) is 11.5 Å². The fourth-order valence-electron chi connectivity index (χ4n) is 2.68. The fourth-order valence-corrected chi connectivity index (χ4v) is 3.30. The lowest BCUT2D eigenvalue weighted by molar-refractivity contribution is -0.123. The van der Waals surface area contributed by atoms with E-state index in [-0.39, 0.29) is 17.6 Å². The van der Waals surface area contributed by atoms with E-state index in [9.17, 15) is 14.7 Å². The summed E-state index contributed by atoms with van der Waals surface area (Å²) >= 11 is 1.99. The van der Waals surface area contributed by atoms with E-state index in [1.54, 1.807) is 43.5 Å². The Morgan fingerprint density at radius 1 is 1.23 bits per heavy atom. The predicted octanol–water partition coefficient (Wildman–Crippen LogP) is 3.31. The number of hydrogen-bond donors (Lipinski definition) is 3. The number of nitrogens with one attached hydrogen (secondary N) is 2. The van der Waals surface area contributed by atoms with Crippen LogP contribution in [0.3, 0.4) is 0 Å². The van der Waals surface area contributed by atoms with E-state index in [1.807, 2.05) is 43.4 Å².